The third-order valence-corrected chi connectivity index (χ3v) is 4.93. The number of hydrogen-bond donors (Lipinski definition) is 0. The van der Waals surface area contributed by atoms with Gasteiger partial charge >= 0.3 is 5.97 Å². The average Bonchev–Trinajstić information content (AvgIpc) is 3.03. The van der Waals surface area contributed by atoms with Gasteiger partial charge in [0.15, 0.2) is 4.80 Å². The highest BCUT2D eigenvalue weighted by Crippen LogP contribution is 2.23. The van der Waals surface area contributed by atoms with Crippen LogP contribution in [0.15, 0.2) is 59.6 Å². The van der Waals surface area contributed by atoms with Crippen molar-refractivity contribution in [3.05, 3.63) is 75.1 Å². The van der Waals surface area contributed by atoms with Crippen molar-refractivity contribution >= 4 is 45.2 Å². The Bertz CT molecular complexity index is 1160. The normalized spacial score (nSPS) is 11.8. The lowest BCUT2D eigenvalue weighted by Crippen LogP contribution is -2.22. The van der Waals surface area contributed by atoms with E-state index in [9.17, 15) is 19.7 Å². The summed E-state index contributed by atoms with van der Waals surface area (Å²) in [6.07, 6.45) is 2.97. The standard InChI is InChI=1S/C20H17N3O5S/c1-2-28-19(25)13-22-16-10-9-15(23(26)27)12-17(16)29-20(22)21-18(24)11-8-14-6-4-3-5-7-14/h3-12H,2,13H2,1H3/b11-8+,21-20?. The number of carbonyl (C=O) groups excluding carboxylic acids is 2. The summed E-state index contributed by atoms with van der Waals surface area (Å²) >= 11 is 1.09. The van der Waals surface area contributed by atoms with Crippen LogP contribution in [0.5, 0.6) is 0 Å². The number of fused-ring (bicyclic) bond motifs is 1. The summed E-state index contributed by atoms with van der Waals surface area (Å²) in [6, 6.07) is 13.6. The Balaban J connectivity index is 2.02. The molecular weight excluding hydrogens is 394 g/mol. The Labute approximate surface area is 169 Å². The molecule has 0 saturated heterocycles. The first-order chi connectivity index (χ1) is 14.0. The summed E-state index contributed by atoms with van der Waals surface area (Å²) in [5.41, 5.74) is 1.33. The summed E-state index contributed by atoms with van der Waals surface area (Å²) in [5, 5.41) is 11.0. The number of esters is 1. The molecule has 2 aromatic carbocycles. The molecule has 1 amide bonds. The topological polar surface area (TPSA) is 104 Å². The van der Waals surface area contributed by atoms with Crippen LogP contribution < -0.4 is 4.80 Å². The van der Waals surface area contributed by atoms with Gasteiger partial charge in [0.2, 0.25) is 0 Å². The molecule has 0 fully saturated rings. The van der Waals surface area contributed by atoms with Crippen LogP contribution in [0.3, 0.4) is 0 Å². The van der Waals surface area contributed by atoms with Crippen molar-refractivity contribution in [2.45, 2.75) is 13.5 Å². The van der Waals surface area contributed by atoms with Gasteiger partial charge in [-0.25, -0.2) is 0 Å². The molecule has 0 saturated carbocycles. The van der Waals surface area contributed by atoms with Crippen molar-refractivity contribution in [1.82, 2.24) is 4.57 Å². The van der Waals surface area contributed by atoms with Crippen LogP contribution in [0.25, 0.3) is 16.3 Å². The SMILES string of the molecule is CCOC(=O)Cn1c(=NC(=O)/C=C/c2ccccc2)sc2cc([N+](=O)[O-])ccc21. The van der Waals surface area contributed by atoms with Gasteiger partial charge in [-0.3, -0.25) is 19.7 Å². The smallest absolute Gasteiger partial charge is 0.326 e. The van der Waals surface area contributed by atoms with Crippen molar-refractivity contribution in [2.24, 2.45) is 4.99 Å². The summed E-state index contributed by atoms with van der Waals surface area (Å²) < 4.78 is 7.05. The van der Waals surface area contributed by atoms with Gasteiger partial charge in [-0.15, -0.1) is 0 Å². The van der Waals surface area contributed by atoms with Crippen LogP contribution in [-0.4, -0.2) is 28.0 Å². The van der Waals surface area contributed by atoms with Crippen molar-refractivity contribution in [1.29, 1.82) is 0 Å². The monoisotopic (exact) mass is 411 g/mol. The second-order valence-corrected chi connectivity index (χ2v) is 6.89. The highest BCUT2D eigenvalue weighted by atomic mass is 32.1. The Kier molecular flexibility index (Phi) is 6.30. The number of nitrogens with zero attached hydrogens (tertiary/aromatic N) is 3. The number of nitro groups is 1. The lowest BCUT2D eigenvalue weighted by Gasteiger charge is -2.04. The number of thiazole rings is 1. The van der Waals surface area contributed by atoms with Gasteiger partial charge < -0.3 is 9.30 Å². The molecule has 0 atom stereocenters. The number of nitro benzene ring substituents is 1. The zero-order valence-corrected chi connectivity index (χ0v) is 16.3. The molecule has 29 heavy (non-hydrogen) atoms. The van der Waals surface area contributed by atoms with E-state index in [0.29, 0.717) is 10.2 Å². The number of rotatable bonds is 6. The van der Waals surface area contributed by atoms with E-state index in [4.69, 9.17) is 4.74 Å². The van der Waals surface area contributed by atoms with Gasteiger partial charge in [0.25, 0.3) is 11.6 Å². The molecule has 3 rings (SSSR count). The van der Waals surface area contributed by atoms with Gasteiger partial charge in [-0.2, -0.15) is 4.99 Å². The third kappa shape index (κ3) is 5.02. The van der Waals surface area contributed by atoms with Gasteiger partial charge in [0, 0.05) is 18.2 Å². The van der Waals surface area contributed by atoms with Crippen LogP contribution in [-0.2, 0) is 20.9 Å². The molecule has 0 radical (unpaired) electrons. The number of hydrogen-bond acceptors (Lipinski definition) is 6. The van der Waals surface area contributed by atoms with Crippen molar-refractivity contribution in [3.63, 3.8) is 0 Å². The molecular formula is C20H17N3O5S. The molecule has 9 heteroatoms. The van der Waals surface area contributed by atoms with Crippen LogP contribution in [0, 0.1) is 10.1 Å². The first-order valence-electron chi connectivity index (χ1n) is 8.73. The van der Waals surface area contributed by atoms with Gasteiger partial charge in [-0.05, 0) is 24.6 Å². The number of aromatic nitrogens is 1. The van der Waals surface area contributed by atoms with E-state index < -0.39 is 16.8 Å². The van der Waals surface area contributed by atoms with E-state index >= 15 is 0 Å². The van der Waals surface area contributed by atoms with E-state index in [-0.39, 0.29) is 23.6 Å². The number of non-ortho nitro benzene ring substituents is 1. The molecule has 1 heterocycles. The van der Waals surface area contributed by atoms with Gasteiger partial charge in [-0.1, -0.05) is 41.7 Å². The highest BCUT2D eigenvalue weighted by molar-refractivity contribution is 7.16. The van der Waals surface area contributed by atoms with Crippen molar-refractivity contribution in [3.8, 4) is 0 Å². The first kappa shape index (κ1) is 20.2. The minimum atomic E-state index is -0.507. The van der Waals surface area contributed by atoms with Crippen LogP contribution in [0.1, 0.15) is 12.5 Å². The van der Waals surface area contributed by atoms with Gasteiger partial charge in [0.05, 0.1) is 21.7 Å². The fraction of sp³-hybridized carbons (Fsp3) is 0.150. The first-order valence-corrected chi connectivity index (χ1v) is 9.55. The van der Waals surface area contributed by atoms with Crippen LogP contribution >= 0.6 is 11.3 Å². The van der Waals surface area contributed by atoms with Crippen molar-refractivity contribution < 1.29 is 19.2 Å². The molecule has 0 bridgehead atoms. The van der Waals surface area contributed by atoms with Crippen LogP contribution in [0.4, 0.5) is 5.69 Å². The predicted molar refractivity (Wildman–Crippen MR) is 109 cm³/mol. The molecule has 8 nitrogen and oxygen atoms in total. The molecule has 0 aliphatic carbocycles. The van der Waals surface area contributed by atoms with Crippen molar-refractivity contribution in [2.75, 3.05) is 6.61 Å². The van der Waals surface area contributed by atoms with E-state index in [1.807, 2.05) is 30.3 Å². The van der Waals surface area contributed by atoms with Crippen LogP contribution in [0.2, 0.25) is 0 Å². The predicted octanol–water partition coefficient (Wildman–Crippen LogP) is 3.31. The number of carbonyl (C=O) groups is 2. The molecule has 0 N–H and O–H groups in total. The van der Waals surface area contributed by atoms with Gasteiger partial charge in [0.1, 0.15) is 6.54 Å². The molecule has 148 valence electrons. The molecule has 1 aromatic heterocycles. The fourth-order valence-corrected chi connectivity index (χ4v) is 3.68. The Morgan fingerprint density at radius 3 is 2.69 bits per heavy atom. The Hall–Kier alpha value is -3.59. The molecule has 3 aromatic rings. The zero-order chi connectivity index (χ0) is 20.8. The second-order valence-electron chi connectivity index (χ2n) is 5.88. The number of amides is 1. The van der Waals surface area contributed by atoms with E-state index in [1.54, 1.807) is 13.0 Å². The highest BCUT2D eigenvalue weighted by Gasteiger charge is 2.15. The zero-order valence-electron chi connectivity index (χ0n) is 15.5. The lowest BCUT2D eigenvalue weighted by molar-refractivity contribution is -0.384. The molecule has 0 spiro atoms. The fourth-order valence-electron chi connectivity index (χ4n) is 2.61. The minimum Gasteiger partial charge on any atom is -0.465 e. The molecule has 0 unspecified atom stereocenters. The maximum Gasteiger partial charge on any atom is 0.326 e. The minimum absolute atomic E-state index is 0.0797. The number of benzene rings is 2. The summed E-state index contributed by atoms with van der Waals surface area (Å²) in [5.74, 6) is -0.994. The summed E-state index contributed by atoms with van der Waals surface area (Å²) in [7, 11) is 0. The third-order valence-electron chi connectivity index (χ3n) is 3.89. The molecule has 0 aliphatic rings. The number of ether oxygens (including phenoxy) is 1. The maximum atomic E-state index is 12.3. The lowest BCUT2D eigenvalue weighted by atomic mass is 10.2. The summed E-state index contributed by atoms with van der Waals surface area (Å²) in [6.45, 7) is 1.76. The van der Waals surface area contributed by atoms with E-state index in [2.05, 4.69) is 4.99 Å². The largest absolute Gasteiger partial charge is 0.465 e. The second kappa shape index (κ2) is 9.07. The average molecular weight is 411 g/mol. The quantitative estimate of drug-likeness (QED) is 0.268. The Morgan fingerprint density at radius 1 is 1.24 bits per heavy atom. The van der Waals surface area contributed by atoms with E-state index in [1.165, 1.54) is 28.8 Å². The molecule has 0 aliphatic heterocycles. The Morgan fingerprint density at radius 2 is 2.00 bits per heavy atom. The maximum absolute atomic E-state index is 12.3. The van der Waals surface area contributed by atoms with E-state index in [0.717, 1.165) is 16.9 Å². The summed E-state index contributed by atoms with van der Waals surface area (Å²) in [4.78, 5) is 39.2.